The lowest BCUT2D eigenvalue weighted by Crippen LogP contribution is -2.31. The van der Waals surface area contributed by atoms with Crippen molar-refractivity contribution in [3.05, 3.63) is 53.1 Å². The van der Waals surface area contributed by atoms with E-state index in [0.717, 1.165) is 11.1 Å². The van der Waals surface area contributed by atoms with Crippen molar-refractivity contribution in [1.82, 2.24) is 0 Å². The summed E-state index contributed by atoms with van der Waals surface area (Å²) >= 11 is 0. The Hall–Kier alpha value is -3.28. The normalized spacial score (nSPS) is 15.3. The van der Waals surface area contributed by atoms with E-state index in [-0.39, 0.29) is 29.2 Å². The zero-order valence-electron chi connectivity index (χ0n) is 19.3. The monoisotopic (exact) mass is 438 g/mol. The summed E-state index contributed by atoms with van der Waals surface area (Å²) in [5.74, 6) is 2.27. The second kappa shape index (κ2) is 9.90. The lowest BCUT2D eigenvalue weighted by molar-refractivity contribution is -0.127. The van der Waals surface area contributed by atoms with Crippen molar-refractivity contribution >= 4 is 17.6 Å². The Balaban J connectivity index is 1.84. The molecule has 0 saturated heterocycles. The first-order chi connectivity index (χ1) is 15.3. The zero-order valence-corrected chi connectivity index (χ0v) is 19.3. The highest BCUT2D eigenvalue weighted by atomic mass is 16.5. The molecule has 6 nitrogen and oxygen atoms in total. The van der Waals surface area contributed by atoms with E-state index in [1.165, 1.54) is 0 Å². The number of ether oxygens (including phenoxy) is 4. The molecule has 0 aromatic heterocycles. The van der Waals surface area contributed by atoms with Crippen LogP contribution in [0, 0.1) is 5.41 Å². The van der Waals surface area contributed by atoms with E-state index in [0.29, 0.717) is 42.4 Å². The molecular weight excluding hydrogens is 408 g/mol. The molecule has 1 aliphatic rings. The summed E-state index contributed by atoms with van der Waals surface area (Å²) in [4.78, 5) is 25.0. The molecule has 0 amide bonds. The standard InChI is InChI=1S/C26H30O6/c1-6-31-25-12-17(11-20-21(27)14-26(2,3)15-22(20)28)7-9-24(25)32-16-18-13-19(29-4)8-10-23(18)30-5/h7-13H,6,14-16H2,1-5H3. The number of allylic oxidation sites excluding steroid dienone is 1. The van der Waals surface area contributed by atoms with Crippen molar-refractivity contribution < 1.29 is 28.5 Å². The van der Waals surface area contributed by atoms with E-state index in [9.17, 15) is 9.59 Å². The van der Waals surface area contributed by atoms with Gasteiger partial charge in [0, 0.05) is 18.4 Å². The predicted octanol–water partition coefficient (Wildman–Crippen LogP) is 5.02. The molecule has 1 saturated carbocycles. The quantitative estimate of drug-likeness (QED) is 0.426. The minimum Gasteiger partial charge on any atom is -0.497 e. The maximum Gasteiger partial charge on any atom is 0.167 e. The van der Waals surface area contributed by atoms with E-state index in [2.05, 4.69) is 0 Å². The fraction of sp³-hybridized carbons (Fsp3) is 0.385. The van der Waals surface area contributed by atoms with E-state index >= 15 is 0 Å². The lowest BCUT2D eigenvalue weighted by atomic mass is 9.74. The number of carbonyl (C=O) groups is 2. The van der Waals surface area contributed by atoms with Crippen molar-refractivity contribution in [1.29, 1.82) is 0 Å². The molecule has 6 heteroatoms. The van der Waals surface area contributed by atoms with Gasteiger partial charge in [-0.05, 0) is 54.3 Å². The van der Waals surface area contributed by atoms with Crippen molar-refractivity contribution in [3.63, 3.8) is 0 Å². The van der Waals surface area contributed by atoms with Crippen LogP contribution in [0.2, 0.25) is 0 Å². The van der Waals surface area contributed by atoms with Crippen LogP contribution in [0.5, 0.6) is 23.0 Å². The van der Waals surface area contributed by atoms with Gasteiger partial charge in [0.05, 0.1) is 26.4 Å². The highest BCUT2D eigenvalue weighted by molar-refractivity contribution is 6.25. The van der Waals surface area contributed by atoms with Gasteiger partial charge in [-0.2, -0.15) is 0 Å². The zero-order chi connectivity index (χ0) is 23.3. The number of ketones is 2. The van der Waals surface area contributed by atoms with Crippen LogP contribution in [-0.2, 0) is 16.2 Å². The molecule has 3 rings (SSSR count). The molecule has 0 aliphatic heterocycles. The van der Waals surface area contributed by atoms with E-state index in [4.69, 9.17) is 18.9 Å². The molecule has 2 aromatic rings. The molecule has 2 aromatic carbocycles. The Bertz CT molecular complexity index is 1010. The van der Waals surface area contributed by atoms with Gasteiger partial charge in [0.15, 0.2) is 23.1 Å². The largest absolute Gasteiger partial charge is 0.497 e. The maximum atomic E-state index is 12.5. The highest BCUT2D eigenvalue weighted by Gasteiger charge is 2.35. The second-order valence-electron chi connectivity index (χ2n) is 8.53. The molecule has 1 fully saturated rings. The highest BCUT2D eigenvalue weighted by Crippen LogP contribution is 2.36. The van der Waals surface area contributed by atoms with Gasteiger partial charge in [-0.3, -0.25) is 9.59 Å². The molecule has 1 aliphatic carbocycles. The summed E-state index contributed by atoms with van der Waals surface area (Å²) in [5, 5.41) is 0. The number of benzene rings is 2. The smallest absolute Gasteiger partial charge is 0.167 e. The molecule has 0 unspecified atom stereocenters. The van der Waals surface area contributed by atoms with Crippen LogP contribution in [0.1, 0.15) is 44.7 Å². The first-order valence-electron chi connectivity index (χ1n) is 10.6. The van der Waals surface area contributed by atoms with Crippen LogP contribution >= 0.6 is 0 Å². The van der Waals surface area contributed by atoms with Crippen LogP contribution in [0.15, 0.2) is 42.0 Å². The van der Waals surface area contributed by atoms with E-state index in [1.54, 1.807) is 32.4 Å². The number of methoxy groups -OCH3 is 2. The molecule has 170 valence electrons. The van der Waals surface area contributed by atoms with E-state index < -0.39 is 0 Å². The number of hydrogen-bond acceptors (Lipinski definition) is 6. The van der Waals surface area contributed by atoms with Crippen LogP contribution in [-0.4, -0.2) is 32.4 Å². The van der Waals surface area contributed by atoms with Crippen LogP contribution in [0.3, 0.4) is 0 Å². The average molecular weight is 439 g/mol. The third-order valence-corrected chi connectivity index (χ3v) is 5.33. The van der Waals surface area contributed by atoms with Crippen molar-refractivity contribution in [2.24, 2.45) is 5.41 Å². The first-order valence-corrected chi connectivity index (χ1v) is 10.6. The number of Topliss-reactive ketones (excluding diaryl/α,β-unsaturated/α-hetero) is 2. The van der Waals surface area contributed by atoms with Crippen LogP contribution in [0.4, 0.5) is 0 Å². The van der Waals surface area contributed by atoms with Crippen LogP contribution in [0.25, 0.3) is 6.08 Å². The number of carbonyl (C=O) groups excluding carboxylic acids is 2. The van der Waals surface area contributed by atoms with Gasteiger partial charge in [0.1, 0.15) is 18.1 Å². The third-order valence-electron chi connectivity index (χ3n) is 5.33. The summed E-state index contributed by atoms with van der Waals surface area (Å²) in [6.45, 7) is 6.47. The Morgan fingerprint density at radius 2 is 1.56 bits per heavy atom. The minimum absolute atomic E-state index is 0.116. The summed E-state index contributed by atoms with van der Waals surface area (Å²) < 4.78 is 22.5. The SMILES string of the molecule is CCOc1cc(C=C2C(=O)CC(C)(C)CC2=O)ccc1OCc1cc(OC)ccc1OC. The summed E-state index contributed by atoms with van der Waals surface area (Å²) in [7, 11) is 3.21. The van der Waals surface area contributed by atoms with Gasteiger partial charge in [-0.15, -0.1) is 0 Å². The van der Waals surface area contributed by atoms with Gasteiger partial charge in [0.25, 0.3) is 0 Å². The molecular formula is C26H30O6. The number of rotatable bonds is 8. The lowest BCUT2D eigenvalue weighted by Gasteiger charge is -2.28. The van der Waals surface area contributed by atoms with E-state index in [1.807, 2.05) is 45.0 Å². The summed E-state index contributed by atoms with van der Waals surface area (Å²) in [5.41, 5.74) is 1.51. The molecule has 0 bridgehead atoms. The predicted molar refractivity (Wildman–Crippen MR) is 122 cm³/mol. The van der Waals surface area contributed by atoms with Crippen molar-refractivity contribution in [2.75, 3.05) is 20.8 Å². The summed E-state index contributed by atoms with van der Waals surface area (Å²) in [6.07, 6.45) is 2.39. The molecule has 32 heavy (non-hydrogen) atoms. The first kappa shape index (κ1) is 23.4. The molecule has 0 radical (unpaired) electrons. The Morgan fingerprint density at radius 3 is 2.19 bits per heavy atom. The van der Waals surface area contributed by atoms with Crippen LogP contribution < -0.4 is 18.9 Å². The molecule has 0 heterocycles. The maximum absolute atomic E-state index is 12.5. The number of hydrogen-bond donors (Lipinski definition) is 0. The Labute approximate surface area is 189 Å². The Kier molecular flexibility index (Phi) is 7.23. The van der Waals surface area contributed by atoms with Gasteiger partial charge < -0.3 is 18.9 Å². The fourth-order valence-electron chi connectivity index (χ4n) is 3.76. The summed E-state index contributed by atoms with van der Waals surface area (Å²) in [6, 6.07) is 10.9. The average Bonchev–Trinajstić information content (AvgIpc) is 2.75. The third kappa shape index (κ3) is 5.49. The Morgan fingerprint density at radius 1 is 0.875 bits per heavy atom. The molecule has 0 spiro atoms. The second-order valence-corrected chi connectivity index (χ2v) is 8.53. The van der Waals surface area contributed by atoms with Gasteiger partial charge in [-0.25, -0.2) is 0 Å². The van der Waals surface area contributed by atoms with Crippen molar-refractivity contribution in [3.8, 4) is 23.0 Å². The fourth-order valence-corrected chi connectivity index (χ4v) is 3.76. The van der Waals surface area contributed by atoms with Gasteiger partial charge in [-0.1, -0.05) is 19.9 Å². The minimum atomic E-state index is -0.291. The van der Waals surface area contributed by atoms with Crippen molar-refractivity contribution in [2.45, 2.75) is 40.2 Å². The van der Waals surface area contributed by atoms with Gasteiger partial charge >= 0.3 is 0 Å². The molecule has 0 N–H and O–H groups in total. The molecule has 0 atom stereocenters. The van der Waals surface area contributed by atoms with Gasteiger partial charge in [0.2, 0.25) is 0 Å². The topological polar surface area (TPSA) is 71.1 Å².